The molecule has 0 spiro atoms. The topological polar surface area (TPSA) is 51.2 Å². The first kappa shape index (κ1) is 9.32. The Labute approximate surface area is 75.4 Å². The zero-order chi connectivity index (χ0) is 9.84. The fraction of sp³-hybridized carbons (Fsp3) is 0.100. The molecule has 0 N–H and O–H groups in total. The van der Waals surface area contributed by atoms with E-state index in [4.69, 9.17) is 0 Å². The van der Waals surface area contributed by atoms with Gasteiger partial charge in [-0.05, 0) is 12.5 Å². The van der Waals surface area contributed by atoms with Crippen molar-refractivity contribution in [2.24, 2.45) is 0 Å². The molecule has 0 unspecified atom stereocenters. The highest BCUT2D eigenvalue weighted by Gasteiger charge is 2.08. The SMILES string of the molecule is Cc1ccc(C=O)c(C=O)c1C=O. The number of hydrogen-bond donors (Lipinski definition) is 0. The van der Waals surface area contributed by atoms with Crippen molar-refractivity contribution in [1.29, 1.82) is 0 Å². The van der Waals surface area contributed by atoms with Gasteiger partial charge < -0.3 is 0 Å². The van der Waals surface area contributed by atoms with Gasteiger partial charge in [0.25, 0.3) is 0 Å². The predicted octanol–water partition coefficient (Wildman–Crippen LogP) is 1.43. The van der Waals surface area contributed by atoms with Crippen molar-refractivity contribution in [2.45, 2.75) is 6.92 Å². The molecule has 1 aromatic rings. The summed E-state index contributed by atoms with van der Waals surface area (Å²) >= 11 is 0. The van der Waals surface area contributed by atoms with E-state index in [1.807, 2.05) is 0 Å². The van der Waals surface area contributed by atoms with Crippen molar-refractivity contribution in [1.82, 2.24) is 0 Å². The first-order chi connectivity index (χ1) is 6.24. The van der Waals surface area contributed by atoms with Crippen molar-refractivity contribution in [2.75, 3.05) is 0 Å². The molecule has 0 atom stereocenters. The number of benzene rings is 1. The van der Waals surface area contributed by atoms with Crippen molar-refractivity contribution in [3.05, 3.63) is 34.4 Å². The van der Waals surface area contributed by atoms with Crippen LogP contribution in [0.5, 0.6) is 0 Å². The van der Waals surface area contributed by atoms with Crippen LogP contribution in [0.4, 0.5) is 0 Å². The van der Waals surface area contributed by atoms with Crippen LogP contribution in [0.25, 0.3) is 0 Å². The maximum Gasteiger partial charge on any atom is 0.151 e. The molecular formula is C10H8O3. The Bertz CT molecular complexity index is 367. The summed E-state index contributed by atoms with van der Waals surface area (Å²) in [6.07, 6.45) is 1.68. The number of carbonyl (C=O) groups is 3. The molecule has 0 bridgehead atoms. The third kappa shape index (κ3) is 1.54. The highest BCUT2D eigenvalue weighted by atomic mass is 16.1. The van der Waals surface area contributed by atoms with Gasteiger partial charge in [0.1, 0.15) is 0 Å². The molecule has 3 heteroatoms. The highest BCUT2D eigenvalue weighted by molar-refractivity contribution is 5.99. The Balaban J connectivity index is 3.53. The minimum absolute atomic E-state index is 0.171. The van der Waals surface area contributed by atoms with E-state index in [0.29, 0.717) is 30.0 Å². The van der Waals surface area contributed by atoms with Gasteiger partial charge in [-0.1, -0.05) is 12.1 Å². The number of rotatable bonds is 3. The molecule has 66 valence electrons. The highest BCUT2D eigenvalue weighted by Crippen LogP contribution is 2.13. The van der Waals surface area contributed by atoms with Crippen LogP contribution in [-0.4, -0.2) is 18.9 Å². The first-order valence-electron chi connectivity index (χ1n) is 3.73. The van der Waals surface area contributed by atoms with Gasteiger partial charge in [0.2, 0.25) is 0 Å². The summed E-state index contributed by atoms with van der Waals surface area (Å²) in [7, 11) is 0. The van der Waals surface area contributed by atoms with E-state index in [2.05, 4.69) is 0 Å². The predicted molar refractivity (Wildman–Crippen MR) is 47.3 cm³/mol. The molecule has 0 amide bonds. The van der Waals surface area contributed by atoms with E-state index in [-0.39, 0.29) is 11.1 Å². The van der Waals surface area contributed by atoms with Crippen LogP contribution in [0.15, 0.2) is 12.1 Å². The zero-order valence-electron chi connectivity index (χ0n) is 7.11. The standard InChI is InChI=1S/C10H8O3/c1-7-2-3-8(4-11)10(6-13)9(7)5-12/h2-6H,1H3. The molecule has 0 aliphatic heterocycles. The average Bonchev–Trinajstić information content (AvgIpc) is 2.17. The Kier molecular flexibility index (Phi) is 2.69. The van der Waals surface area contributed by atoms with Crippen LogP contribution in [0.2, 0.25) is 0 Å². The Morgan fingerprint density at radius 1 is 0.923 bits per heavy atom. The van der Waals surface area contributed by atoms with E-state index >= 15 is 0 Å². The lowest BCUT2D eigenvalue weighted by Gasteiger charge is -2.03. The van der Waals surface area contributed by atoms with Gasteiger partial charge in [-0.2, -0.15) is 0 Å². The van der Waals surface area contributed by atoms with Crippen molar-refractivity contribution < 1.29 is 14.4 Å². The molecule has 0 radical (unpaired) electrons. The van der Waals surface area contributed by atoms with Crippen molar-refractivity contribution >= 4 is 18.9 Å². The maximum absolute atomic E-state index is 10.6. The second-order valence-electron chi connectivity index (χ2n) is 2.65. The number of carbonyl (C=O) groups excluding carboxylic acids is 3. The quantitative estimate of drug-likeness (QED) is 0.654. The Morgan fingerprint density at radius 2 is 1.54 bits per heavy atom. The molecular weight excluding hydrogens is 168 g/mol. The monoisotopic (exact) mass is 176 g/mol. The maximum atomic E-state index is 10.6. The number of hydrogen-bond acceptors (Lipinski definition) is 3. The molecule has 13 heavy (non-hydrogen) atoms. The molecule has 0 aliphatic rings. The second-order valence-corrected chi connectivity index (χ2v) is 2.65. The van der Waals surface area contributed by atoms with Gasteiger partial charge in [0.05, 0.1) is 0 Å². The zero-order valence-corrected chi connectivity index (χ0v) is 7.11. The van der Waals surface area contributed by atoms with Crippen LogP contribution in [0.3, 0.4) is 0 Å². The van der Waals surface area contributed by atoms with Gasteiger partial charge >= 0.3 is 0 Å². The fourth-order valence-electron chi connectivity index (χ4n) is 1.15. The van der Waals surface area contributed by atoms with Crippen LogP contribution < -0.4 is 0 Å². The molecule has 0 heterocycles. The second kappa shape index (κ2) is 3.76. The molecule has 0 aromatic heterocycles. The van der Waals surface area contributed by atoms with Crippen molar-refractivity contribution in [3.8, 4) is 0 Å². The van der Waals surface area contributed by atoms with Gasteiger partial charge in [-0.25, -0.2) is 0 Å². The Morgan fingerprint density at radius 3 is 2.00 bits per heavy atom. The number of aryl methyl sites for hydroxylation is 1. The van der Waals surface area contributed by atoms with Gasteiger partial charge in [-0.3, -0.25) is 14.4 Å². The molecule has 0 saturated heterocycles. The average molecular weight is 176 g/mol. The summed E-state index contributed by atoms with van der Waals surface area (Å²) in [6.45, 7) is 1.71. The molecule has 0 fully saturated rings. The minimum atomic E-state index is 0.171. The first-order valence-corrected chi connectivity index (χ1v) is 3.73. The van der Waals surface area contributed by atoms with Crippen molar-refractivity contribution in [3.63, 3.8) is 0 Å². The molecule has 0 aliphatic carbocycles. The fourth-order valence-corrected chi connectivity index (χ4v) is 1.15. The summed E-state index contributed by atoms with van der Waals surface area (Å²) in [4.78, 5) is 31.7. The smallest absolute Gasteiger partial charge is 0.151 e. The van der Waals surface area contributed by atoms with E-state index in [0.717, 1.165) is 0 Å². The lowest BCUT2D eigenvalue weighted by molar-refractivity contribution is 0.108. The van der Waals surface area contributed by atoms with E-state index in [1.54, 1.807) is 13.0 Å². The van der Waals surface area contributed by atoms with Gasteiger partial charge in [-0.15, -0.1) is 0 Å². The summed E-state index contributed by atoms with van der Waals surface area (Å²) in [5.74, 6) is 0. The molecule has 3 nitrogen and oxygen atoms in total. The van der Waals surface area contributed by atoms with Crippen LogP contribution in [-0.2, 0) is 0 Å². The minimum Gasteiger partial charge on any atom is -0.298 e. The van der Waals surface area contributed by atoms with E-state index in [9.17, 15) is 14.4 Å². The van der Waals surface area contributed by atoms with E-state index in [1.165, 1.54) is 6.07 Å². The summed E-state index contributed by atoms with van der Waals surface area (Å²) in [5, 5.41) is 0. The lowest BCUT2D eigenvalue weighted by atomic mass is 9.99. The normalized spacial score (nSPS) is 9.31. The lowest BCUT2D eigenvalue weighted by Crippen LogP contribution is -1.99. The van der Waals surface area contributed by atoms with Crippen LogP contribution in [0.1, 0.15) is 36.6 Å². The van der Waals surface area contributed by atoms with Crippen LogP contribution in [0, 0.1) is 6.92 Å². The number of aldehydes is 3. The molecule has 1 rings (SSSR count). The van der Waals surface area contributed by atoms with Gasteiger partial charge in [0, 0.05) is 16.7 Å². The van der Waals surface area contributed by atoms with E-state index < -0.39 is 0 Å². The third-order valence-electron chi connectivity index (χ3n) is 1.90. The molecule has 1 aromatic carbocycles. The molecule has 0 saturated carbocycles. The van der Waals surface area contributed by atoms with Crippen LogP contribution >= 0.6 is 0 Å². The largest absolute Gasteiger partial charge is 0.298 e. The summed E-state index contributed by atoms with van der Waals surface area (Å²) in [6, 6.07) is 3.17. The van der Waals surface area contributed by atoms with Gasteiger partial charge in [0.15, 0.2) is 18.9 Å². The summed E-state index contributed by atoms with van der Waals surface area (Å²) in [5.41, 5.74) is 1.41. The third-order valence-corrected chi connectivity index (χ3v) is 1.90. The summed E-state index contributed by atoms with van der Waals surface area (Å²) < 4.78 is 0. The Hall–Kier alpha value is -1.77.